The monoisotopic (exact) mass is 202 g/mol. The van der Waals surface area contributed by atoms with Gasteiger partial charge in [-0.25, -0.2) is 4.79 Å². The molecule has 0 heterocycles. The number of carbonyl (C=O) groups is 1. The number of hydrogen-bond donors (Lipinski definition) is 0. The predicted octanol–water partition coefficient (Wildman–Crippen LogP) is 3.16. The minimum Gasteiger partial charge on any atom is -0.431 e. The van der Waals surface area contributed by atoms with Crippen LogP contribution in [-0.2, 0) is 4.74 Å². The van der Waals surface area contributed by atoms with Crippen molar-refractivity contribution in [3.05, 3.63) is 59.9 Å². The molecule has 15 heavy (non-hydrogen) atoms. The van der Waals surface area contributed by atoms with Crippen LogP contribution in [0, 0.1) is 13.8 Å². The predicted molar refractivity (Wildman–Crippen MR) is 60.7 cm³/mol. The molecule has 0 aromatic heterocycles. The second-order valence-electron chi connectivity index (χ2n) is 3.35. The lowest BCUT2D eigenvalue weighted by atomic mass is 10.1. The molecule has 0 bridgehead atoms. The molecule has 1 rings (SSSR count). The Morgan fingerprint density at radius 3 is 2.40 bits per heavy atom. The third-order valence-corrected chi connectivity index (χ3v) is 1.85. The van der Waals surface area contributed by atoms with Crippen molar-refractivity contribution in [3.63, 3.8) is 0 Å². The van der Waals surface area contributed by atoms with E-state index >= 15 is 0 Å². The summed E-state index contributed by atoms with van der Waals surface area (Å²) in [5.74, 6) is -0.347. The van der Waals surface area contributed by atoms with Gasteiger partial charge in [0.25, 0.3) is 0 Å². The lowest BCUT2D eigenvalue weighted by Gasteiger charge is -2.02. The first-order valence-corrected chi connectivity index (χ1v) is 4.70. The average Bonchev–Trinajstić information content (AvgIpc) is 2.16. The van der Waals surface area contributed by atoms with E-state index in [-0.39, 0.29) is 5.97 Å². The summed E-state index contributed by atoms with van der Waals surface area (Å²) in [5, 5.41) is 0. The highest BCUT2D eigenvalue weighted by atomic mass is 16.5. The fourth-order valence-corrected chi connectivity index (χ4v) is 1.32. The molecule has 2 nitrogen and oxygen atoms in total. The van der Waals surface area contributed by atoms with E-state index in [2.05, 4.69) is 6.58 Å². The van der Waals surface area contributed by atoms with Crippen molar-refractivity contribution in [1.82, 2.24) is 0 Å². The molecule has 0 N–H and O–H groups in total. The third-order valence-electron chi connectivity index (χ3n) is 1.85. The number of ether oxygens (including phenoxy) is 1. The van der Waals surface area contributed by atoms with Gasteiger partial charge >= 0.3 is 5.97 Å². The Bertz CT molecular complexity index is 383. The van der Waals surface area contributed by atoms with Crippen LogP contribution in [0.1, 0.15) is 21.5 Å². The van der Waals surface area contributed by atoms with Crippen LogP contribution in [0.15, 0.2) is 43.2 Å². The van der Waals surface area contributed by atoms with E-state index in [1.54, 1.807) is 24.3 Å². The summed E-state index contributed by atoms with van der Waals surface area (Å²) in [5.41, 5.74) is 2.67. The van der Waals surface area contributed by atoms with E-state index < -0.39 is 0 Å². The minimum atomic E-state index is -0.347. The van der Waals surface area contributed by atoms with Crippen molar-refractivity contribution >= 4 is 5.97 Å². The number of benzene rings is 1. The minimum absolute atomic E-state index is 0.347. The van der Waals surface area contributed by atoms with Crippen molar-refractivity contribution < 1.29 is 9.53 Å². The van der Waals surface area contributed by atoms with Crippen LogP contribution in [-0.4, -0.2) is 5.97 Å². The van der Waals surface area contributed by atoms with Crippen LogP contribution in [0.2, 0.25) is 0 Å². The highest BCUT2D eigenvalue weighted by molar-refractivity contribution is 5.90. The molecule has 78 valence electrons. The zero-order valence-electron chi connectivity index (χ0n) is 8.99. The number of rotatable bonds is 3. The average molecular weight is 202 g/mol. The highest BCUT2D eigenvalue weighted by Crippen LogP contribution is 2.10. The van der Waals surface area contributed by atoms with E-state index in [1.807, 2.05) is 19.9 Å². The van der Waals surface area contributed by atoms with Crippen LogP contribution in [0.4, 0.5) is 0 Å². The Hall–Kier alpha value is -1.83. The van der Waals surface area contributed by atoms with Crippen LogP contribution in [0.25, 0.3) is 0 Å². The SMILES string of the molecule is C=C/C=C/OC(=O)c1cc(C)cc(C)c1. The first kappa shape index (κ1) is 11.2. The number of allylic oxidation sites excluding steroid dienone is 2. The fourth-order valence-electron chi connectivity index (χ4n) is 1.32. The number of hydrogen-bond acceptors (Lipinski definition) is 2. The van der Waals surface area contributed by atoms with Crippen molar-refractivity contribution in [1.29, 1.82) is 0 Å². The zero-order chi connectivity index (χ0) is 11.3. The molecule has 0 saturated carbocycles. The van der Waals surface area contributed by atoms with Crippen LogP contribution in [0.5, 0.6) is 0 Å². The lowest BCUT2D eigenvalue weighted by molar-refractivity contribution is 0.0663. The second-order valence-corrected chi connectivity index (χ2v) is 3.35. The Balaban J connectivity index is 2.81. The van der Waals surface area contributed by atoms with Crippen molar-refractivity contribution in [2.24, 2.45) is 0 Å². The Labute approximate surface area is 89.9 Å². The van der Waals surface area contributed by atoms with E-state index in [9.17, 15) is 4.79 Å². The molecule has 0 spiro atoms. The first-order valence-electron chi connectivity index (χ1n) is 4.70. The van der Waals surface area contributed by atoms with E-state index in [1.165, 1.54) is 6.26 Å². The summed E-state index contributed by atoms with van der Waals surface area (Å²) in [6.45, 7) is 7.38. The summed E-state index contributed by atoms with van der Waals surface area (Å²) in [4.78, 5) is 11.5. The molecule has 0 atom stereocenters. The van der Waals surface area contributed by atoms with Crippen LogP contribution < -0.4 is 0 Å². The third kappa shape index (κ3) is 3.43. The second kappa shape index (κ2) is 5.15. The topological polar surface area (TPSA) is 26.3 Å². The molecule has 0 fully saturated rings. The number of aryl methyl sites for hydroxylation is 2. The van der Waals surface area contributed by atoms with Crippen molar-refractivity contribution in [2.75, 3.05) is 0 Å². The molecule has 1 aromatic rings. The quantitative estimate of drug-likeness (QED) is 0.427. The Morgan fingerprint density at radius 2 is 1.87 bits per heavy atom. The van der Waals surface area contributed by atoms with Gasteiger partial charge in [-0.2, -0.15) is 0 Å². The maximum absolute atomic E-state index is 11.5. The van der Waals surface area contributed by atoms with E-state index in [0.29, 0.717) is 5.56 Å². The molecular weight excluding hydrogens is 188 g/mol. The van der Waals surface area contributed by atoms with Crippen molar-refractivity contribution in [2.45, 2.75) is 13.8 Å². The summed E-state index contributed by atoms with van der Waals surface area (Å²) >= 11 is 0. The molecule has 2 heteroatoms. The van der Waals surface area contributed by atoms with Gasteiger partial charge in [-0.3, -0.25) is 0 Å². The van der Waals surface area contributed by atoms with Gasteiger partial charge in [0, 0.05) is 0 Å². The molecule has 0 aliphatic rings. The van der Waals surface area contributed by atoms with Crippen LogP contribution >= 0.6 is 0 Å². The van der Waals surface area contributed by atoms with Gasteiger partial charge in [0.05, 0.1) is 11.8 Å². The largest absolute Gasteiger partial charge is 0.431 e. The molecule has 0 radical (unpaired) electrons. The molecule has 0 unspecified atom stereocenters. The zero-order valence-corrected chi connectivity index (χ0v) is 8.99. The number of esters is 1. The summed E-state index contributed by atoms with van der Waals surface area (Å²) in [6, 6.07) is 5.62. The molecule has 0 saturated heterocycles. The summed E-state index contributed by atoms with van der Waals surface area (Å²) in [6.07, 6.45) is 4.45. The van der Waals surface area contributed by atoms with Gasteiger partial charge in [-0.15, -0.1) is 0 Å². The lowest BCUT2D eigenvalue weighted by Crippen LogP contribution is -2.01. The summed E-state index contributed by atoms with van der Waals surface area (Å²) in [7, 11) is 0. The van der Waals surface area contributed by atoms with Crippen molar-refractivity contribution in [3.8, 4) is 0 Å². The molecule has 0 aliphatic heterocycles. The van der Waals surface area contributed by atoms with Gasteiger partial charge in [-0.1, -0.05) is 29.8 Å². The maximum atomic E-state index is 11.5. The van der Waals surface area contributed by atoms with Gasteiger partial charge in [-0.05, 0) is 32.1 Å². The van der Waals surface area contributed by atoms with Crippen LogP contribution in [0.3, 0.4) is 0 Å². The van der Waals surface area contributed by atoms with Gasteiger partial charge in [0.2, 0.25) is 0 Å². The van der Waals surface area contributed by atoms with Gasteiger partial charge < -0.3 is 4.74 Å². The Kier molecular flexibility index (Phi) is 3.86. The molecule has 1 aromatic carbocycles. The van der Waals surface area contributed by atoms with E-state index in [0.717, 1.165) is 11.1 Å². The Morgan fingerprint density at radius 1 is 1.27 bits per heavy atom. The fraction of sp³-hybridized carbons (Fsp3) is 0.154. The maximum Gasteiger partial charge on any atom is 0.342 e. The highest BCUT2D eigenvalue weighted by Gasteiger charge is 2.06. The normalized spacial score (nSPS) is 10.3. The van der Waals surface area contributed by atoms with Gasteiger partial charge in [0.15, 0.2) is 0 Å². The first-order chi connectivity index (χ1) is 7.13. The van der Waals surface area contributed by atoms with Gasteiger partial charge in [0.1, 0.15) is 0 Å². The molecule has 0 amide bonds. The molecular formula is C13H14O2. The number of carbonyl (C=O) groups excluding carboxylic acids is 1. The smallest absolute Gasteiger partial charge is 0.342 e. The standard InChI is InChI=1S/C13H14O2/c1-4-5-6-15-13(14)12-8-10(2)7-11(3)9-12/h4-9H,1H2,2-3H3/b6-5+. The van der Waals surface area contributed by atoms with E-state index in [4.69, 9.17) is 4.74 Å². The molecule has 0 aliphatic carbocycles. The summed E-state index contributed by atoms with van der Waals surface area (Å²) < 4.78 is 4.89.